The molecule has 0 N–H and O–H groups in total. The molecule has 0 spiro atoms. The van der Waals surface area contributed by atoms with Gasteiger partial charge in [-0.1, -0.05) is 30.3 Å². The molecule has 0 atom stereocenters. The maximum absolute atomic E-state index is 11.8. The molecule has 0 aromatic heterocycles. The van der Waals surface area contributed by atoms with Crippen LogP contribution in [0.2, 0.25) is 0 Å². The summed E-state index contributed by atoms with van der Waals surface area (Å²) in [6, 6.07) is 14.9. The Morgan fingerprint density at radius 2 is 1.88 bits per heavy atom. The van der Waals surface area contributed by atoms with Gasteiger partial charge in [0.15, 0.2) is 0 Å². The number of ether oxygens (including phenoxy) is 1. The van der Waals surface area contributed by atoms with Crippen LogP contribution in [0.5, 0.6) is 0 Å². The molecule has 6 heteroatoms. The first kappa shape index (κ1) is 17.9. The van der Waals surface area contributed by atoms with Crippen LogP contribution in [0.4, 0.5) is 11.4 Å². The molecular weight excluding hydrogens is 332 g/mol. The predicted molar refractivity (Wildman–Crippen MR) is 99.7 cm³/mol. The molecule has 0 aliphatic carbocycles. The number of carbonyl (C=O) groups excluding carboxylic acids is 1. The highest BCUT2D eigenvalue weighted by molar-refractivity contribution is 5.91. The number of carbonyl (C=O) groups is 1. The van der Waals surface area contributed by atoms with Crippen molar-refractivity contribution in [1.82, 2.24) is 0 Å². The molecule has 1 aliphatic rings. The molecule has 1 fully saturated rings. The molecule has 1 saturated heterocycles. The van der Waals surface area contributed by atoms with E-state index in [9.17, 15) is 14.9 Å². The molecule has 2 aromatic carbocycles. The number of anilines is 1. The van der Waals surface area contributed by atoms with Crippen LogP contribution in [0.1, 0.15) is 41.6 Å². The zero-order valence-electron chi connectivity index (χ0n) is 14.8. The number of benzene rings is 2. The summed E-state index contributed by atoms with van der Waals surface area (Å²) in [5.74, 6) is -0.0600. The monoisotopic (exact) mass is 354 g/mol. The normalized spacial score (nSPS) is 14.9. The Labute approximate surface area is 152 Å². The lowest BCUT2D eigenvalue weighted by atomic mass is 9.89. The average Bonchev–Trinajstić information content (AvgIpc) is 2.68. The number of hydrogen-bond acceptors (Lipinski definition) is 5. The van der Waals surface area contributed by atoms with E-state index >= 15 is 0 Å². The Morgan fingerprint density at radius 1 is 1.19 bits per heavy atom. The summed E-state index contributed by atoms with van der Waals surface area (Å²) in [6.07, 6.45) is 1.89. The van der Waals surface area contributed by atoms with Gasteiger partial charge in [0, 0.05) is 19.2 Å². The number of hydrogen-bond donors (Lipinski definition) is 0. The fraction of sp³-hybridized carbons (Fsp3) is 0.350. The Balaban J connectivity index is 1.77. The van der Waals surface area contributed by atoms with E-state index in [-0.39, 0.29) is 17.9 Å². The van der Waals surface area contributed by atoms with Crippen molar-refractivity contribution in [1.29, 1.82) is 0 Å². The summed E-state index contributed by atoms with van der Waals surface area (Å²) < 4.78 is 4.94. The van der Waals surface area contributed by atoms with Gasteiger partial charge in [-0.3, -0.25) is 10.1 Å². The van der Waals surface area contributed by atoms with Gasteiger partial charge in [0.2, 0.25) is 0 Å². The first-order valence-corrected chi connectivity index (χ1v) is 8.85. The number of nitro groups is 1. The standard InChI is InChI=1S/C20H22N2O4/c1-2-26-20(23)17-8-9-18(19(14-17)22(24)25)21-12-10-16(11-13-21)15-6-4-3-5-7-15/h3-9,14,16H,2,10-13H2,1H3. The zero-order valence-corrected chi connectivity index (χ0v) is 14.8. The molecule has 0 amide bonds. The average molecular weight is 354 g/mol. The highest BCUT2D eigenvalue weighted by Crippen LogP contribution is 2.35. The third-order valence-electron chi connectivity index (χ3n) is 4.79. The van der Waals surface area contributed by atoms with Crippen LogP contribution in [0, 0.1) is 10.1 Å². The minimum atomic E-state index is -0.537. The van der Waals surface area contributed by atoms with Crippen molar-refractivity contribution in [2.75, 3.05) is 24.6 Å². The molecule has 6 nitrogen and oxygen atoms in total. The van der Waals surface area contributed by atoms with E-state index in [1.165, 1.54) is 11.6 Å². The van der Waals surface area contributed by atoms with Gasteiger partial charge in [0.05, 0.1) is 17.1 Å². The van der Waals surface area contributed by atoms with Crippen LogP contribution in [-0.4, -0.2) is 30.6 Å². The van der Waals surface area contributed by atoms with Crippen LogP contribution < -0.4 is 4.90 Å². The third kappa shape index (κ3) is 3.85. The maximum atomic E-state index is 11.8. The van der Waals surface area contributed by atoms with E-state index in [2.05, 4.69) is 12.1 Å². The lowest BCUT2D eigenvalue weighted by Gasteiger charge is -2.33. The van der Waals surface area contributed by atoms with Crippen molar-refractivity contribution in [3.05, 3.63) is 69.8 Å². The van der Waals surface area contributed by atoms with Crippen LogP contribution in [0.25, 0.3) is 0 Å². The molecule has 0 bridgehead atoms. The van der Waals surface area contributed by atoms with Gasteiger partial charge >= 0.3 is 5.97 Å². The number of nitro benzene ring substituents is 1. The zero-order chi connectivity index (χ0) is 18.5. The second kappa shape index (κ2) is 7.99. The predicted octanol–water partition coefficient (Wildman–Crippen LogP) is 4.16. The number of rotatable bonds is 5. The van der Waals surface area contributed by atoms with E-state index in [1.807, 2.05) is 23.1 Å². The van der Waals surface area contributed by atoms with E-state index in [0.717, 1.165) is 25.9 Å². The van der Waals surface area contributed by atoms with Gasteiger partial charge in [-0.2, -0.15) is 0 Å². The summed E-state index contributed by atoms with van der Waals surface area (Å²) in [5.41, 5.74) is 2.05. The van der Waals surface area contributed by atoms with Crippen LogP contribution >= 0.6 is 0 Å². The highest BCUT2D eigenvalue weighted by Gasteiger charge is 2.26. The van der Waals surface area contributed by atoms with E-state index in [1.54, 1.807) is 19.1 Å². The molecular formula is C20H22N2O4. The first-order chi connectivity index (χ1) is 12.6. The number of nitrogens with zero attached hydrogens (tertiary/aromatic N) is 2. The van der Waals surface area contributed by atoms with Crippen molar-refractivity contribution in [3.63, 3.8) is 0 Å². The SMILES string of the molecule is CCOC(=O)c1ccc(N2CCC(c3ccccc3)CC2)c([N+](=O)[O-])c1. The fourth-order valence-corrected chi connectivity index (χ4v) is 3.46. The molecule has 3 rings (SSSR count). The minimum Gasteiger partial charge on any atom is -0.462 e. The second-order valence-electron chi connectivity index (χ2n) is 6.35. The van der Waals surface area contributed by atoms with Gasteiger partial charge < -0.3 is 9.64 Å². The Morgan fingerprint density at radius 3 is 2.50 bits per heavy atom. The van der Waals surface area contributed by atoms with Crippen molar-refractivity contribution in [2.24, 2.45) is 0 Å². The Kier molecular flexibility index (Phi) is 5.51. The fourth-order valence-electron chi connectivity index (χ4n) is 3.46. The molecule has 1 aliphatic heterocycles. The second-order valence-corrected chi connectivity index (χ2v) is 6.35. The summed E-state index contributed by atoms with van der Waals surface area (Å²) in [4.78, 5) is 25.0. The number of esters is 1. The van der Waals surface area contributed by atoms with E-state index in [4.69, 9.17) is 4.74 Å². The van der Waals surface area contributed by atoms with Gasteiger partial charge in [-0.15, -0.1) is 0 Å². The van der Waals surface area contributed by atoms with Crippen LogP contribution in [0.3, 0.4) is 0 Å². The Bertz CT molecular complexity index is 784. The molecule has 0 unspecified atom stereocenters. The van der Waals surface area contributed by atoms with Gasteiger partial charge in [-0.25, -0.2) is 4.79 Å². The van der Waals surface area contributed by atoms with Crippen molar-refractivity contribution >= 4 is 17.3 Å². The van der Waals surface area contributed by atoms with Gasteiger partial charge in [-0.05, 0) is 43.4 Å². The molecule has 0 saturated carbocycles. The van der Waals surface area contributed by atoms with E-state index in [0.29, 0.717) is 11.6 Å². The van der Waals surface area contributed by atoms with Crippen LogP contribution in [-0.2, 0) is 4.74 Å². The molecule has 136 valence electrons. The van der Waals surface area contributed by atoms with Gasteiger partial charge in [0.1, 0.15) is 5.69 Å². The van der Waals surface area contributed by atoms with E-state index < -0.39 is 10.9 Å². The van der Waals surface area contributed by atoms with Crippen LogP contribution in [0.15, 0.2) is 48.5 Å². The molecule has 26 heavy (non-hydrogen) atoms. The van der Waals surface area contributed by atoms with Gasteiger partial charge in [0.25, 0.3) is 5.69 Å². The molecule has 0 radical (unpaired) electrons. The number of piperidine rings is 1. The summed E-state index contributed by atoms with van der Waals surface area (Å²) in [7, 11) is 0. The molecule has 1 heterocycles. The van der Waals surface area contributed by atoms with Crippen molar-refractivity contribution in [3.8, 4) is 0 Å². The maximum Gasteiger partial charge on any atom is 0.338 e. The first-order valence-electron chi connectivity index (χ1n) is 8.85. The van der Waals surface area contributed by atoms with Crippen molar-refractivity contribution in [2.45, 2.75) is 25.7 Å². The minimum absolute atomic E-state index is 0.0475. The highest BCUT2D eigenvalue weighted by atomic mass is 16.6. The summed E-state index contributed by atoms with van der Waals surface area (Å²) in [6.45, 7) is 3.44. The Hall–Kier alpha value is -2.89. The third-order valence-corrected chi connectivity index (χ3v) is 4.79. The largest absolute Gasteiger partial charge is 0.462 e. The molecule has 2 aromatic rings. The quantitative estimate of drug-likeness (QED) is 0.458. The summed E-state index contributed by atoms with van der Waals surface area (Å²) in [5, 5.41) is 11.5. The lowest BCUT2D eigenvalue weighted by molar-refractivity contribution is -0.384. The smallest absolute Gasteiger partial charge is 0.338 e. The van der Waals surface area contributed by atoms with Crippen molar-refractivity contribution < 1.29 is 14.5 Å². The topological polar surface area (TPSA) is 72.7 Å². The lowest BCUT2D eigenvalue weighted by Crippen LogP contribution is -2.33. The summed E-state index contributed by atoms with van der Waals surface area (Å²) >= 11 is 0.